The fourth-order valence-electron chi connectivity index (χ4n) is 2.54. The highest BCUT2D eigenvalue weighted by Gasteiger charge is 2.19. The summed E-state index contributed by atoms with van der Waals surface area (Å²) in [4.78, 5) is 0. The number of nitrogens with one attached hydrogen (secondary N) is 1. The molecule has 0 radical (unpaired) electrons. The van der Waals surface area contributed by atoms with E-state index in [0.717, 1.165) is 18.4 Å². The fraction of sp³-hybridized carbons (Fsp3) is 0.600. The molecule has 1 aromatic carbocycles. The van der Waals surface area contributed by atoms with Crippen LogP contribution >= 0.6 is 0 Å². The lowest BCUT2D eigenvalue weighted by molar-refractivity contribution is 0.419. The van der Waals surface area contributed by atoms with Crippen LogP contribution < -0.4 is 5.32 Å². The second kappa shape index (κ2) is 5.49. The van der Waals surface area contributed by atoms with Crippen molar-refractivity contribution in [3.63, 3.8) is 0 Å². The lowest BCUT2D eigenvalue weighted by atomic mass is 9.79. The molecule has 0 saturated heterocycles. The molecule has 0 amide bonds. The van der Waals surface area contributed by atoms with E-state index < -0.39 is 0 Å². The molecule has 1 saturated carbocycles. The van der Waals surface area contributed by atoms with Crippen LogP contribution in [0.2, 0.25) is 0 Å². The Morgan fingerprint density at radius 2 is 2.19 bits per heavy atom. The Morgan fingerprint density at radius 1 is 1.38 bits per heavy atom. The summed E-state index contributed by atoms with van der Waals surface area (Å²) < 4.78 is 0. The van der Waals surface area contributed by atoms with Gasteiger partial charge in [0.05, 0.1) is 0 Å². The monoisotopic (exact) mass is 217 g/mol. The molecule has 1 fully saturated rings. The highest BCUT2D eigenvalue weighted by atomic mass is 14.8. The van der Waals surface area contributed by atoms with Crippen molar-refractivity contribution in [1.82, 2.24) is 5.32 Å². The van der Waals surface area contributed by atoms with Gasteiger partial charge in [0.1, 0.15) is 0 Å². The minimum atomic E-state index is 0.724. The highest BCUT2D eigenvalue weighted by molar-refractivity contribution is 5.27. The van der Waals surface area contributed by atoms with Gasteiger partial charge in [-0.05, 0) is 55.8 Å². The first-order valence-electron chi connectivity index (χ1n) is 6.53. The number of benzene rings is 1. The van der Waals surface area contributed by atoms with Gasteiger partial charge in [-0.3, -0.25) is 0 Å². The fourth-order valence-corrected chi connectivity index (χ4v) is 2.54. The van der Waals surface area contributed by atoms with Gasteiger partial charge in [-0.25, -0.2) is 0 Å². The Kier molecular flexibility index (Phi) is 4.00. The lowest BCUT2D eigenvalue weighted by Gasteiger charge is -2.26. The summed E-state index contributed by atoms with van der Waals surface area (Å²) in [5, 5.41) is 3.25. The SMILES string of the molecule is CNCC(C)Cc1cccc(C2CCC2)c1. The van der Waals surface area contributed by atoms with Crippen LogP contribution in [0.25, 0.3) is 0 Å². The molecule has 1 unspecified atom stereocenters. The van der Waals surface area contributed by atoms with Crippen LogP contribution in [-0.2, 0) is 6.42 Å². The number of hydrogen-bond acceptors (Lipinski definition) is 1. The Morgan fingerprint density at radius 3 is 2.81 bits per heavy atom. The van der Waals surface area contributed by atoms with Crippen LogP contribution in [0.1, 0.15) is 43.2 Å². The van der Waals surface area contributed by atoms with Gasteiger partial charge in [0.15, 0.2) is 0 Å². The van der Waals surface area contributed by atoms with Gasteiger partial charge in [-0.2, -0.15) is 0 Å². The first kappa shape index (κ1) is 11.7. The Balaban J connectivity index is 1.98. The van der Waals surface area contributed by atoms with Gasteiger partial charge in [0.2, 0.25) is 0 Å². The summed E-state index contributed by atoms with van der Waals surface area (Å²) in [5.74, 6) is 1.58. The predicted octanol–water partition coefficient (Wildman–Crippen LogP) is 3.35. The molecule has 16 heavy (non-hydrogen) atoms. The maximum absolute atomic E-state index is 3.25. The standard InChI is InChI=1S/C15H23N/c1-12(11-16-2)9-13-5-3-8-15(10-13)14-6-4-7-14/h3,5,8,10,12,14,16H,4,6-7,9,11H2,1-2H3. The average Bonchev–Trinajstić information content (AvgIpc) is 2.15. The van der Waals surface area contributed by atoms with Gasteiger partial charge in [-0.15, -0.1) is 0 Å². The van der Waals surface area contributed by atoms with E-state index >= 15 is 0 Å². The molecule has 1 heteroatoms. The van der Waals surface area contributed by atoms with E-state index in [1.807, 2.05) is 7.05 Å². The molecule has 0 heterocycles. The molecule has 1 nitrogen and oxygen atoms in total. The quantitative estimate of drug-likeness (QED) is 0.797. The van der Waals surface area contributed by atoms with Gasteiger partial charge in [-0.1, -0.05) is 37.6 Å². The van der Waals surface area contributed by atoms with Crippen molar-refractivity contribution in [2.24, 2.45) is 5.92 Å². The molecule has 1 atom stereocenters. The zero-order valence-corrected chi connectivity index (χ0v) is 10.5. The van der Waals surface area contributed by atoms with Crippen molar-refractivity contribution in [2.75, 3.05) is 13.6 Å². The van der Waals surface area contributed by atoms with Crippen molar-refractivity contribution in [2.45, 2.75) is 38.5 Å². The zero-order chi connectivity index (χ0) is 11.4. The molecule has 88 valence electrons. The van der Waals surface area contributed by atoms with Crippen molar-refractivity contribution in [3.05, 3.63) is 35.4 Å². The molecule has 1 aliphatic carbocycles. The Hall–Kier alpha value is -0.820. The van der Waals surface area contributed by atoms with E-state index in [9.17, 15) is 0 Å². The third kappa shape index (κ3) is 2.85. The minimum Gasteiger partial charge on any atom is -0.319 e. The third-order valence-corrected chi connectivity index (χ3v) is 3.66. The molecule has 2 rings (SSSR count). The van der Waals surface area contributed by atoms with Crippen LogP contribution in [0.15, 0.2) is 24.3 Å². The lowest BCUT2D eigenvalue weighted by Crippen LogP contribution is -2.18. The smallest absolute Gasteiger partial charge is 0.00230 e. The van der Waals surface area contributed by atoms with E-state index in [-0.39, 0.29) is 0 Å². The van der Waals surface area contributed by atoms with Gasteiger partial charge < -0.3 is 5.32 Å². The second-order valence-corrected chi connectivity index (χ2v) is 5.24. The maximum Gasteiger partial charge on any atom is -0.00230 e. The maximum atomic E-state index is 3.25. The highest BCUT2D eigenvalue weighted by Crippen LogP contribution is 2.36. The van der Waals surface area contributed by atoms with Crippen molar-refractivity contribution >= 4 is 0 Å². The summed E-state index contributed by atoms with van der Waals surface area (Å²) in [7, 11) is 2.03. The van der Waals surface area contributed by atoms with Crippen molar-refractivity contribution in [1.29, 1.82) is 0 Å². The Bertz CT molecular complexity index is 328. The van der Waals surface area contributed by atoms with E-state index in [1.165, 1.54) is 31.2 Å². The molecule has 0 spiro atoms. The average molecular weight is 217 g/mol. The van der Waals surface area contributed by atoms with Crippen LogP contribution in [-0.4, -0.2) is 13.6 Å². The van der Waals surface area contributed by atoms with Gasteiger partial charge >= 0.3 is 0 Å². The molecule has 0 bridgehead atoms. The van der Waals surface area contributed by atoms with Crippen LogP contribution in [0.5, 0.6) is 0 Å². The molecular weight excluding hydrogens is 194 g/mol. The topological polar surface area (TPSA) is 12.0 Å². The van der Waals surface area contributed by atoms with Crippen molar-refractivity contribution in [3.8, 4) is 0 Å². The molecule has 0 aromatic heterocycles. The number of rotatable bonds is 5. The summed E-state index contributed by atoms with van der Waals surface area (Å²) in [6, 6.07) is 9.23. The van der Waals surface area contributed by atoms with Gasteiger partial charge in [0, 0.05) is 0 Å². The summed E-state index contributed by atoms with van der Waals surface area (Å²) >= 11 is 0. The largest absolute Gasteiger partial charge is 0.319 e. The van der Waals surface area contributed by atoms with Crippen molar-refractivity contribution < 1.29 is 0 Å². The number of hydrogen-bond donors (Lipinski definition) is 1. The normalized spacial score (nSPS) is 18.1. The minimum absolute atomic E-state index is 0.724. The Labute approximate surface area is 99.3 Å². The van der Waals surface area contributed by atoms with Gasteiger partial charge in [0.25, 0.3) is 0 Å². The molecule has 1 N–H and O–H groups in total. The summed E-state index contributed by atoms with van der Waals surface area (Å²) in [6.07, 6.45) is 5.41. The van der Waals surface area contributed by atoms with E-state index in [1.54, 1.807) is 5.56 Å². The molecule has 1 aromatic rings. The van der Waals surface area contributed by atoms with Crippen LogP contribution in [0.4, 0.5) is 0 Å². The molecular formula is C15H23N. The summed E-state index contributed by atoms with van der Waals surface area (Å²) in [6.45, 7) is 3.42. The van der Waals surface area contributed by atoms with Crippen LogP contribution in [0, 0.1) is 5.92 Å². The summed E-state index contributed by atoms with van der Waals surface area (Å²) in [5.41, 5.74) is 3.08. The van der Waals surface area contributed by atoms with E-state index in [0.29, 0.717) is 0 Å². The zero-order valence-electron chi connectivity index (χ0n) is 10.5. The second-order valence-electron chi connectivity index (χ2n) is 5.24. The third-order valence-electron chi connectivity index (χ3n) is 3.66. The first-order valence-corrected chi connectivity index (χ1v) is 6.53. The molecule has 1 aliphatic rings. The first-order chi connectivity index (χ1) is 7.79. The predicted molar refractivity (Wildman–Crippen MR) is 69.8 cm³/mol. The van der Waals surface area contributed by atoms with E-state index in [4.69, 9.17) is 0 Å². The van der Waals surface area contributed by atoms with E-state index in [2.05, 4.69) is 36.5 Å². The molecule has 0 aliphatic heterocycles. The van der Waals surface area contributed by atoms with Crippen LogP contribution in [0.3, 0.4) is 0 Å².